The molecular formula is C7H10Cl2N2OS. The van der Waals surface area contributed by atoms with Crippen LogP contribution in [0.2, 0.25) is 4.34 Å². The molecule has 13 heavy (non-hydrogen) atoms. The van der Waals surface area contributed by atoms with Gasteiger partial charge >= 0.3 is 0 Å². The quantitative estimate of drug-likeness (QED) is 0.826. The molecule has 1 heterocycles. The van der Waals surface area contributed by atoms with Crippen LogP contribution >= 0.6 is 35.3 Å². The van der Waals surface area contributed by atoms with Crippen LogP contribution in [-0.4, -0.2) is 13.0 Å². The van der Waals surface area contributed by atoms with Gasteiger partial charge in [-0.2, -0.15) is 0 Å². The second kappa shape index (κ2) is 5.44. The average Bonchev–Trinajstić information content (AvgIpc) is 2.45. The van der Waals surface area contributed by atoms with E-state index < -0.39 is 0 Å². The molecule has 0 aliphatic heterocycles. The Kier molecular flexibility index (Phi) is 5.32. The van der Waals surface area contributed by atoms with E-state index in [0.29, 0.717) is 15.8 Å². The summed E-state index contributed by atoms with van der Waals surface area (Å²) in [5.41, 5.74) is 6.22. The van der Waals surface area contributed by atoms with E-state index in [9.17, 15) is 4.79 Å². The van der Waals surface area contributed by atoms with Crippen LogP contribution in [0.25, 0.3) is 0 Å². The fourth-order valence-electron chi connectivity index (χ4n) is 0.781. The van der Waals surface area contributed by atoms with Gasteiger partial charge in [0.2, 0.25) is 0 Å². The molecule has 0 fully saturated rings. The Labute approximate surface area is 91.7 Å². The second-order valence-electron chi connectivity index (χ2n) is 2.19. The standard InChI is InChI=1S/C7H9ClN2OS.ClH/c1-10-7(11)5-2-4(3-9)6(8)12-5;/h2H,3,9H2,1H3,(H,10,11);1H. The number of nitrogens with one attached hydrogen (secondary N) is 1. The second-order valence-corrected chi connectivity index (χ2v) is 3.85. The average molecular weight is 241 g/mol. The van der Waals surface area contributed by atoms with E-state index in [1.165, 1.54) is 11.3 Å². The van der Waals surface area contributed by atoms with Crippen LogP contribution in [0.3, 0.4) is 0 Å². The number of nitrogens with two attached hydrogens (primary N) is 1. The highest BCUT2D eigenvalue weighted by molar-refractivity contribution is 7.18. The summed E-state index contributed by atoms with van der Waals surface area (Å²) in [6, 6.07) is 1.71. The zero-order chi connectivity index (χ0) is 9.14. The third-order valence-electron chi connectivity index (χ3n) is 1.43. The molecule has 1 amide bonds. The molecule has 3 nitrogen and oxygen atoms in total. The summed E-state index contributed by atoms with van der Waals surface area (Å²) >= 11 is 7.05. The van der Waals surface area contributed by atoms with Crippen molar-refractivity contribution in [1.29, 1.82) is 0 Å². The Morgan fingerprint density at radius 2 is 2.38 bits per heavy atom. The summed E-state index contributed by atoms with van der Waals surface area (Å²) in [6.45, 7) is 0.367. The molecule has 0 spiro atoms. The maximum absolute atomic E-state index is 11.1. The number of halogens is 2. The van der Waals surface area contributed by atoms with Crippen LogP contribution < -0.4 is 11.1 Å². The van der Waals surface area contributed by atoms with E-state index in [0.717, 1.165) is 5.56 Å². The number of hydrogen-bond donors (Lipinski definition) is 2. The Balaban J connectivity index is 0.00000144. The maximum Gasteiger partial charge on any atom is 0.261 e. The van der Waals surface area contributed by atoms with Gasteiger partial charge in [0.05, 0.1) is 9.21 Å². The minimum absolute atomic E-state index is 0. The van der Waals surface area contributed by atoms with Gasteiger partial charge in [-0.25, -0.2) is 0 Å². The molecule has 0 radical (unpaired) electrons. The summed E-state index contributed by atoms with van der Waals surface area (Å²) in [5, 5.41) is 2.52. The molecule has 0 aliphatic carbocycles. The Morgan fingerprint density at radius 1 is 1.77 bits per heavy atom. The van der Waals surface area contributed by atoms with Crippen LogP contribution in [0.1, 0.15) is 15.2 Å². The molecule has 0 bridgehead atoms. The number of thiophene rings is 1. The summed E-state index contributed by atoms with van der Waals surface area (Å²) in [5.74, 6) is -0.124. The van der Waals surface area contributed by atoms with Gasteiger partial charge in [0, 0.05) is 13.6 Å². The minimum atomic E-state index is -0.124. The highest BCUT2D eigenvalue weighted by Gasteiger charge is 2.10. The zero-order valence-corrected chi connectivity index (χ0v) is 9.35. The first kappa shape index (κ1) is 12.7. The fraction of sp³-hybridized carbons (Fsp3) is 0.286. The number of amides is 1. The maximum atomic E-state index is 11.1. The summed E-state index contributed by atoms with van der Waals surface area (Å²) in [6.07, 6.45) is 0. The summed E-state index contributed by atoms with van der Waals surface area (Å²) < 4.78 is 0.594. The fourth-order valence-corrected chi connectivity index (χ4v) is 2.02. The van der Waals surface area contributed by atoms with Crippen molar-refractivity contribution in [2.45, 2.75) is 6.54 Å². The van der Waals surface area contributed by atoms with Crippen molar-refractivity contribution in [2.75, 3.05) is 7.05 Å². The molecular weight excluding hydrogens is 231 g/mol. The molecule has 3 N–H and O–H groups in total. The number of carbonyl (C=O) groups excluding carboxylic acids is 1. The topological polar surface area (TPSA) is 55.1 Å². The van der Waals surface area contributed by atoms with E-state index >= 15 is 0 Å². The van der Waals surface area contributed by atoms with Crippen molar-refractivity contribution in [3.8, 4) is 0 Å². The molecule has 6 heteroatoms. The van der Waals surface area contributed by atoms with E-state index in [2.05, 4.69) is 5.32 Å². The smallest absolute Gasteiger partial charge is 0.261 e. The molecule has 74 valence electrons. The molecule has 1 rings (SSSR count). The van der Waals surface area contributed by atoms with Gasteiger partial charge in [0.1, 0.15) is 0 Å². The van der Waals surface area contributed by atoms with E-state index in [-0.39, 0.29) is 18.3 Å². The molecule has 0 saturated heterocycles. The Morgan fingerprint density at radius 3 is 2.77 bits per heavy atom. The van der Waals surface area contributed by atoms with Gasteiger partial charge in [0.15, 0.2) is 0 Å². The van der Waals surface area contributed by atoms with Crippen LogP contribution in [0.4, 0.5) is 0 Å². The first-order chi connectivity index (χ1) is 5.69. The van der Waals surface area contributed by atoms with Gasteiger partial charge in [0.25, 0.3) is 5.91 Å². The van der Waals surface area contributed by atoms with Crippen molar-refractivity contribution >= 4 is 41.3 Å². The number of hydrogen-bond acceptors (Lipinski definition) is 3. The van der Waals surface area contributed by atoms with Crippen LogP contribution in [0.5, 0.6) is 0 Å². The van der Waals surface area contributed by atoms with Crippen molar-refractivity contribution in [3.63, 3.8) is 0 Å². The highest BCUT2D eigenvalue weighted by Crippen LogP contribution is 2.26. The normalized spacial score (nSPS) is 9.15. The van der Waals surface area contributed by atoms with Crippen molar-refractivity contribution in [1.82, 2.24) is 5.32 Å². The third-order valence-corrected chi connectivity index (χ3v) is 2.87. The lowest BCUT2D eigenvalue weighted by atomic mass is 10.3. The molecule has 0 unspecified atom stereocenters. The highest BCUT2D eigenvalue weighted by atomic mass is 35.5. The Bertz CT molecular complexity index is 301. The predicted octanol–water partition coefficient (Wildman–Crippen LogP) is 1.64. The van der Waals surface area contributed by atoms with Gasteiger partial charge in [-0.1, -0.05) is 11.6 Å². The summed E-state index contributed by atoms with van der Waals surface area (Å²) in [4.78, 5) is 11.7. The summed E-state index contributed by atoms with van der Waals surface area (Å²) in [7, 11) is 1.58. The lowest BCUT2D eigenvalue weighted by Crippen LogP contribution is -2.16. The van der Waals surface area contributed by atoms with Gasteiger partial charge in [-0.05, 0) is 11.6 Å². The minimum Gasteiger partial charge on any atom is -0.354 e. The van der Waals surface area contributed by atoms with Crippen LogP contribution in [-0.2, 0) is 6.54 Å². The Hall–Kier alpha value is -0.290. The van der Waals surface area contributed by atoms with Crippen molar-refractivity contribution < 1.29 is 4.79 Å². The lowest BCUT2D eigenvalue weighted by molar-refractivity contribution is 0.0967. The number of rotatable bonds is 2. The van der Waals surface area contributed by atoms with E-state index in [1.807, 2.05) is 0 Å². The van der Waals surface area contributed by atoms with Crippen LogP contribution in [0.15, 0.2) is 6.07 Å². The van der Waals surface area contributed by atoms with E-state index in [4.69, 9.17) is 17.3 Å². The molecule has 1 aromatic heterocycles. The largest absolute Gasteiger partial charge is 0.354 e. The molecule has 0 saturated carbocycles. The van der Waals surface area contributed by atoms with Gasteiger partial charge < -0.3 is 11.1 Å². The SMILES string of the molecule is CNC(=O)c1cc(CN)c(Cl)s1.Cl. The molecule has 0 aliphatic rings. The molecule has 1 aromatic rings. The van der Waals surface area contributed by atoms with E-state index in [1.54, 1.807) is 13.1 Å². The molecule has 0 aromatic carbocycles. The zero-order valence-electron chi connectivity index (χ0n) is 6.96. The number of carbonyl (C=O) groups is 1. The van der Waals surface area contributed by atoms with Crippen LogP contribution in [0, 0.1) is 0 Å². The monoisotopic (exact) mass is 240 g/mol. The first-order valence-corrected chi connectivity index (χ1v) is 4.58. The lowest BCUT2D eigenvalue weighted by Gasteiger charge is -1.91. The third kappa shape index (κ3) is 2.84. The predicted molar refractivity (Wildman–Crippen MR) is 57.9 cm³/mol. The van der Waals surface area contributed by atoms with Crippen molar-refractivity contribution in [2.24, 2.45) is 5.73 Å². The first-order valence-electron chi connectivity index (χ1n) is 3.39. The van der Waals surface area contributed by atoms with Gasteiger partial charge in [-0.15, -0.1) is 23.7 Å². The molecule has 0 atom stereocenters. The van der Waals surface area contributed by atoms with Gasteiger partial charge in [-0.3, -0.25) is 4.79 Å². The van der Waals surface area contributed by atoms with Crippen molar-refractivity contribution in [3.05, 3.63) is 20.8 Å².